The second-order valence-corrected chi connectivity index (χ2v) is 20.2. The summed E-state index contributed by atoms with van der Waals surface area (Å²) in [5.74, 6) is 0.836. The van der Waals surface area contributed by atoms with Crippen molar-refractivity contribution in [3.63, 3.8) is 0 Å². The van der Waals surface area contributed by atoms with E-state index < -0.39 is 18.4 Å². The number of unbranched alkanes of at least 4 members (excludes halogenated alkanes) is 3. The standard InChI is InChI=1S/C8H10NO.3C4H9.Na.Sn/c1-7(2)10-8-5-3-4-6-9-8;3*1-3-4-2;;/h3-5,7H,1-2H3;3*1,3-4H2,2H3;;. The van der Waals surface area contributed by atoms with Crippen molar-refractivity contribution in [2.75, 3.05) is 0 Å². The topological polar surface area (TPSA) is 22.1 Å². The first kappa shape index (κ1) is 24.7. The van der Waals surface area contributed by atoms with E-state index in [1.807, 2.05) is 6.07 Å². The van der Waals surface area contributed by atoms with Gasteiger partial charge in [0.25, 0.3) is 0 Å². The van der Waals surface area contributed by atoms with Crippen LogP contribution in [0.25, 0.3) is 0 Å². The molecule has 24 heavy (non-hydrogen) atoms. The van der Waals surface area contributed by atoms with Crippen molar-refractivity contribution in [2.45, 2.75) is 92.6 Å². The van der Waals surface area contributed by atoms with Crippen LogP contribution in [0.1, 0.15) is 73.1 Å². The zero-order valence-corrected chi connectivity index (χ0v) is 21.9. The van der Waals surface area contributed by atoms with E-state index >= 15 is 0 Å². The van der Waals surface area contributed by atoms with Crippen LogP contribution >= 0.6 is 0 Å². The summed E-state index contributed by atoms with van der Waals surface area (Å²) in [7, 11) is 0. The van der Waals surface area contributed by atoms with Gasteiger partial charge in [0.2, 0.25) is 0 Å². The van der Waals surface area contributed by atoms with Crippen LogP contribution in [0.3, 0.4) is 0 Å². The maximum absolute atomic E-state index is 5.89. The number of hydrogen-bond acceptors (Lipinski definition) is 2. The molecule has 0 spiro atoms. The van der Waals surface area contributed by atoms with Crippen LogP contribution in [0.2, 0.25) is 13.3 Å². The van der Waals surface area contributed by atoms with E-state index in [0.717, 1.165) is 5.88 Å². The van der Waals surface area contributed by atoms with Gasteiger partial charge in [0.05, 0.1) is 0 Å². The van der Waals surface area contributed by atoms with E-state index in [4.69, 9.17) is 9.72 Å². The summed E-state index contributed by atoms with van der Waals surface area (Å²) >= 11 is -2.40. The number of pyridine rings is 1. The number of rotatable bonds is 12. The molecule has 0 aliphatic heterocycles. The Morgan fingerprint density at radius 3 is 1.83 bits per heavy atom. The van der Waals surface area contributed by atoms with E-state index in [9.17, 15) is 0 Å². The first-order chi connectivity index (χ1) is 11.1. The fraction of sp³-hybridized carbons (Fsp3) is 0.750. The Kier molecular flexibility index (Phi) is 14.3. The minimum Gasteiger partial charge on any atom is 0 e. The molecule has 0 unspecified atom stereocenters. The predicted molar refractivity (Wildman–Crippen MR) is 110 cm³/mol. The van der Waals surface area contributed by atoms with Crippen molar-refractivity contribution in [1.82, 2.24) is 4.98 Å². The van der Waals surface area contributed by atoms with Crippen LogP contribution in [0.5, 0.6) is 5.88 Å². The largest absolute Gasteiger partial charge is 0 e. The second-order valence-electron chi connectivity index (χ2n) is 7.12. The third-order valence-electron chi connectivity index (χ3n) is 4.65. The summed E-state index contributed by atoms with van der Waals surface area (Å²) in [5, 5.41) is 0. The predicted octanol–water partition coefficient (Wildman–Crippen LogP) is 5.54. The Balaban J connectivity index is 0.00000529. The molecule has 0 atom stereocenters. The number of aromatic nitrogens is 1. The number of hydrogen-bond donors (Lipinski definition) is 0. The molecule has 1 aromatic rings. The molecular weight excluding hydrogens is 412 g/mol. The van der Waals surface area contributed by atoms with Crippen LogP contribution in [-0.2, 0) is 0 Å². The molecule has 1 heterocycles. The summed E-state index contributed by atoms with van der Waals surface area (Å²) < 4.78 is 11.7. The average molecular weight is 449 g/mol. The first-order valence-electron chi connectivity index (χ1n) is 9.72. The normalized spacial score (nSPS) is 11.4. The molecule has 0 amide bonds. The maximum atomic E-state index is 5.89. The molecular formula is C20H37NNaOSn. The zero-order valence-electron chi connectivity index (χ0n) is 17.0. The Bertz CT molecular complexity index is 418. The van der Waals surface area contributed by atoms with Gasteiger partial charge in [-0.15, -0.1) is 0 Å². The van der Waals surface area contributed by atoms with Crippen LogP contribution in [0.4, 0.5) is 0 Å². The second kappa shape index (κ2) is 13.9. The third kappa shape index (κ3) is 8.42. The van der Waals surface area contributed by atoms with Gasteiger partial charge in [-0.1, -0.05) is 0 Å². The van der Waals surface area contributed by atoms with Gasteiger partial charge in [0, 0.05) is 29.6 Å². The minimum atomic E-state index is -2.40. The Morgan fingerprint density at radius 2 is 1.42 bits per heavy atom. The summed E-state index contributed by atoms with van der Waals surface area (Å²) in [6.07, 6.45) is 8.24. The minimum absolute atomic E-state index is 0. The summed E-state index contributed by atoms with van der Waals surface area (Å²) in [6.45, 7) is 11.1. The summed E-state index contributed by atoms with van der Waals surface area (Å²) in [4.78, 5) is 5.02. The fourth-order valence-corrected chi connectivity index (χ4v) is 18.8. The van der Waals surface area contributed by atoms with Crippen molar-refractivity contribution in [3.8, 4) is 5.88 Å². The van der Waals surface area contributed by atoms with Gasteiger partial charge in [0.15, 0.2) is 0 Å². The average Bonchev–Trinajstić information content (AvgIpc) is 2.54. The molecule has 0 saturated heterocycles. The fourth-order valence-electron chi connectivity index (χ4n) is 3.32. The molecule has 0 aliphatic carbocycles. The first-order valence-corrected chi connectivity index (χ1v) is 17.2. The quantitative estimate of drug-likeness (QED) is 0.391. The van der Waals surface area contributed by atoms with E-state index in [0.29, 0.717) is 0 Å². The van der Waals surface area contributed by atoms with Gasteiger partial charge in [0.1, 0.15) is 0 Å². The van der Waals surface area contributed by atoms with Crippen molar-refractivity contribution in [2.24, 2.45) is 0 Å². The molecule has 4 heteroatoms. The van der Waals surface area contributed by atoms with Gasteiger partial charge in [-0.2, -0.15) is 0 Å². The van der Waals surface area contributed by atoms with Gasteiger partial charge >= 0.3 is 148 Å². The Hall–Kier alpha value is 0.749. The third-order valence-corrected chi connectivity index (χ3v) is 19.8. The van der Waals surface area contributed by atoms with Gasteiger partial charge in [-0.3, -0.25) is 0 Å². The zero-order chi connectivity index (χ0) is 17.1. The SMILES string of the molecule is CCC[CH2][Sn]([CH2]CCC)([CH2]CCC)[c]1cccc(OC(C)C)n1.[Na]. The molecule has 2 nitrogen and oxygen atoms in total. The van der Waals surface area contributed by atoms with E-state index in [-0.39, 0.29) is 35.7 Å². The van der Waals surface area contributed by atoms with E-state index in [1.54, 1.807) is 0 Å². The number of nitrogens with zero attached hydrogens (tertiary/aromatic N) is 1. The molecule has 0 fully saturated rings. The summed E-state index contributed by atoms with van der Waals surface area (Å²) in [6, 6.07) is 6.53. The van der Waals surface area contributed by atoms with Crippen molar-refractivity contribution in [3.05, 3.63) is 18.2 Å². The molecule has 1 radical (unpaired) electrons. The van der Waals surface area contributed by atoms with E-state index in [2.05, 4.69) is 46.8 Å². The monoisotopic (exact) mass is 450 g/mol. The van der Waals surface area contributed by atoms with Crippen LogP contribution in [-0.4, -0.2) is 59.0 Å². The molecule has 0 N–H and O–H groups in total. The van der Waals surface area contributed by atoms with Gasteiger partial charge < -0.3 is 0 Å². The molecule has 1 rings (SSSR count). The molecule has 1 aromatic heterocycles. The van der Waals surface area contributed by atoms with Gasteiger partial charge in [-0.05, 0) is 0 Å². The van der Waals surface area contributed by atoms with Crippen LogP contribution in [0.15, 0.2) is 18.2 Å². The Morgan fingerprint density at radius 1 is 0.917 bits per heavy atom. The summed E-state index contributed by atoms with van der Waals surface area (Å²) in [5.41, 5.74) is 0. The molecule has 0 bridgehead atoms. The van der Waals surface area contributed by atoms with Crippen LogP contribution in [0, 0.1) is 0 Å². The molecule has 0 aromatic carbocycles. The van der Waals surface area contributed by atoms with Crippen molar-refractivity contribution < 1.29 is 4.74 Å². The Labute approximate surface area is 176 Å². The van der Waals surface area contributed by atoms with Crippen LogP contribution < -0.4 is 8.45 Å². The molecule has 133 valence electrons. The maximum Gasteiger partial charge on any atom is 0 e. The molecule has 0 saturated carbocycles. The van der Waals surface area contributed by atoms with Gasteiger partial charge in [-0.25, -0.2) is 0 Å². The van der Waals surface area contributed by atoms with Crippen molar-refractivity contribution >= 4 is 51.6 Å². The van der Waals surface area contributed by atoms with Crippen molar-refractivity contribution in [1.29, 1.82) is 0 Å². The number of ether oxygens (including phenoxy) is 1. The van der Waals surface area contributed by atoms with E-state index in [1.165, 1.54) is 55.5 Å². The smallest absolute Gasteiger partial charge is 0 e. The molecule has 0 aliphatic rings.